The Bertz CT molecular complexity index is 294. The summed E-state index contributed by atoms with van der Waals surface area (Å²) in [6, 6.07) is 0.444. The van der Waals surface area contributed by atoms with Gasteiger partial charge in [-0.1, -0.05) is 33.1 Å². The standard InChI is InChI=1S/C17H31NO/c1-12-9-13(2)17(16(19)10-12)18-8-7-14-5-3-4-6-15(14)11-18/h12-17,19H,3-11H2,1-2H3. The first-order chi connectivity index (χ1) is 9.15. The molecule has 0 radical (unpaired) electrons. The highest BCUT2D eigenvalue weighted by atomic mass is 16.3. The summed E-state index contributed by atoms with van der Waals surface area (Å²) in [4.78, 5) is 2.66. The molecule has 0 amide bonds. The lowest BCUT2D eigenvalue weighted by Crippen LogP contribution is -2.55. The quantitative estimate of drug-likeness (QED) is 0.786. The molecule has 2 heteroatoms. The molecule has 0 aromatic heterocycles. The van der Waals surface area contributed by atoms with Gasteiger partial charge in [-0.15, -0.1) is 0 Å². The van der Waals surface area contributed by atoms with E-state index in [1.165, 1.54) is 51.6 Å². The monoisotopic (exact) mass is 265 g/mol. The average molecular weight is 265 g/mol. The molecule has 3 fully saturated rings. The van der Waals surface area contributed by atoms with Crippen LogP contribution in [-0.4, -0.2) is 35.2 Å². The zero-order chi connectivity index (χ0) is 13.4. The molecule has 2 saturated carbocycles. The smallest absolute Gasteiger partial charge is 0.0700 e. The number of hydrogen-bond acceptors (Lipinski definition) is 2. The normalized spacial score (nSPS) is 48.8. The van der Waals surface area contributed by atoms with Gasteiger partial charge in [0.05, 0.1) is 6.10 Å². The zero-order valence-corrected chi connectivity index (χ0v) is 12.7. The molecule has 1 N–H and O–H groups in total. The minimum absolute atomic E-state index is 0.0844. The molecule has 3 rings (SSSR count). The van der Waals surface area contributed by atoms with Gasteiger partial charge in [0.1, 0.15) is 0 Å². The first kappa shape index (κ1) is 13.9. The van der Waals surface area contributed by atoms with Crippen molar-refractivity contribution >= 4 is 0 Å². The van der Waals surface area contributed by atoms with Crippen LogP contribution in [0.5, 0.6) is 0 Å². The van der Waals surface area contributed by atoms with Gasteiger partial charge in [0.15, 0.2) is 0 Å². The van der Waals surface area contributed by atoms with E-state index in [0.29, 0.717) is 17.9 Å². The van der Waals surface area contributed by atoms with E-state index in [4.69, 9.17) is 0 Å². The summed E-state index contributed by atoms with van der Waals surface area (Å²) >= 11 is 0. The van der Waals surface area contributed by atoms with Crippen molar-refractivity contribution < 1.29 is 5.11 Å². The molecular formula is C17H31NO. The summed E-state index contributed by atoms with van der Waals surface area (Å²) in [5.74, 6) is 3.30. The van der Waals surface area contributed by atoms with Crippen LogP contribution in [0.15, 0.2) is 0 Å². The Balaban J connectivity index is 1.65. The van der Waals surface area contributed by atoms with E-state index in [9.17, 15) is 5.11 Å². The molecule has 0 aromatic rings. The van der Waals surface area contributed by atoms with Crippen molar-refractivity contribution in [1.82, 2.24) is 4.90 Å². The number of fused-ring (bicyclic) bond motifs is 1. The predicted molar refractivity (Wildman–Crippen MR) is 79.0 cm³/mol. The van der Waals surface area contributed by atoms with Crippen LogP contribution < -0.4 is 0 Å². The number of piperidine rings is 1. The third-order valence-corrected chi connectivity index (χ3v) is 6.14. The summed E-state index contributed by atoms with van der Waals surface area (Å²) < 4.78 is 0. The molecule has 6 atom stereocenters. The summed E-state index contributed by atoms with van der Waals surface area (Å²) in [5.41, 5.74) is 0. The van der Waals surface area contributed by atoms with Crippen LogP contribution in [0.4, 0.5) is 0 Å². The fourth-order valence-corrected chi connectivity index (χ4v) is 5.30. The van der Waals surface area contributed by atoms with Crippen LogP contribution in [0.1, 0.15) is 58.8 Å². The summed E-state index contributed by atoms with van der Waals surface area (Å²) in [7, 11) is 0. The Morgan fingerprint density at radius 1 is 0.947 bits per heavy atom. The van der Waals surface area contributed by atoms with E-state index in [-0.39, 0.29) is 6.10 Å². The van der Waals surface area contributed by atoms with Crippen molar-refractivity contribution in [2.24, 2.45) is 23.7 Å². The Kier molecular flexibility index (Phi) is 4.19. The van der Waals surface area contributed by atoms with Gasteiger partial charge >= 0.3 is 0 Å². The number of aliphatic hydroxyl groups excluding tert-OH is 1. The lowest BCUT2D eigenvalue weighted by molar-refractivity contribution is -0.0529. The van der Waals surface area contributed by atoms with Crippen LogP contribution in [0.25, 0.3) is 0 Å². The lowest BCUT2D eigenvalue weighted by Gasteiger charge is -2.49. The molecule has 0 bridgehead atoms. The maximum atomic E-state index is 10.5. The molecule has 0 aromatic carbocycles. The highest BCUT2D eigenvalue weighted by Gasteiger charge is 2.40. The molecule has 1 aliphatic heterocycles. The van der Waals surface area contributed by atoms with E-state index in [1.807, 2.05) is 0 Å². The van der Waals surface area contributed by atoms with Crippen molar-refractivity contribution in [3.05, 3.63) is 0 Å². The van der Waals surface area contributed by atoms with Gasteiger partial charge in [0.25, 0.3) is 0 Å². The minimum atomic E-state index is -0.0844. The molecule has 1 saturated heterocycles. The van der Waals surface area contributed by atoms with Crippen molar-refractivity contribution in [3.8, 4) is 0 Å². The van der Waals surface area contributed by atoms with Gasteiger partial charge in [-0.25, -0.2) is 0 Å². The third-order valence-electron chi connectivity index (χ3n) is 6.14. The maximum absolute atomic E-state index is 10.5. The third kappa shape index (κ3) is 2.85. The van der Waals surface area contributed by atoms with Crippen LogP contribution in [0.2, 0.25) is 0 Å². The van der Waals surface area contributed by atoms with Gasteiger partial charge < -0.3 is 5.11 Å². The SMILES string of the molecule is CC1CC(C)C(N2CCC3CCCCC3C2)C(O)C1. The molecule has 3 aliphatic rings. The van der Waals surface area contributed by atoms with E-state index in [1.54, 1.807) is 0 Å². The first-order valence-electron chi connectivity index (χ1n) is 8.57. The number of rotatable bonds is 1. The Hall–Kier alpha value is -0.0800. The average Bonchev–Trinajstić information content (AvgIpc) is 2.37. The van der Waals surface area contributed by atoms with E-state index >= 15 is 0 Å². The molecule has 2 nitrogen and oxygen atoms in total. The van der Waals surface area contributed by atoms with Crippen LogP contribution in [0, 0.1) is 23.7 Å². The van der Waals surface area contributed by atoms with Crippen molar-refractivity contribution in [3.63, 3.8) is 0 Å². The van der Waals surface area contributed by atoms with Crippen LogP contribution >= 0.6 is 0 Å². The predicted octanol–water partition coefficient (Wildman–Crippen LogP) is 3.29. The van der Waals surface area contributed by atoms with E-state index < -0.39 is 0 Å². The maximum Gasteiger partial charge on any atom is 0.0700 e. The fraction of sp³-hybridized carbons (Fsp3) is 1.00. The summed E-state index contributed by atoms with van der Waals surface area (Å²) in [6.45, 7) is 7.16. The second kappa shape index (κ2) is 5.73. The van der Waals surface area contributed by atoms with Gasteiger partial charge in [-0.05, 0) is 55.9 Å². The van der Waals surface area contributed by atoms with Gasteiger partial charge in [0, 0.05) is 12.6 Å². The van der Waals surface area contributed by atoms with E-state index in [2.05, 4.69) is 18.7 Å². The van der Waals surface area contributed by atoms with Crippen molar-refractivity contribution in [2.75, 3.05) is 13.1 Å². The minimum Gasteiger partial charge on any atom is -0.391 e. The largest absolute Gasteiger partial charge is 0.391 e. The summed E-state index contributed by atoms with van der Waals surface area (Å²) in [5, 5.41) is 10.5. The highest BCUT2D eigenvalue weighted by Crippen LogP contribution is 2.40. The van der Waals surface area contributed by atoms with Crippen LogP contribution in [-0.2, 0) is 0 Å². The molecule has 2 aliphatic carbocycles. The molecule has 6 unspecified atom stereocenters. The number of hydrogen-bond donors (Lipinski definition) is 1. The second-order valence-electron chi connectivity index (χ2n) is 7.70. The Morgan fingerprint density at radius 3 is 2.42 bits per heavy atom. The summed E-state index contributed by atoms with van der Waals surface area (Å²) in [6.07, 6.45) is 9.42. The first-order valence-corrected chi connectivity index (χ1v) is 8.57. The molecule has 1 heterocycles. The number of nitrogens with zero attached hydrogens (tertiary/aromatic N) is 1. The zero-order valence-electron chi connectivity index (χ0n) is 12.7. The Labute approximate surface area is 118 Å². The fourth-order valence-electron chi connectivity index (χ4n) is 5.30. The van der Waals surface area contributed by atoms with Gasteiger partial charge in [-0.3, -0.25) is 4.90 Å². The number of likely N-dealkylation sites (tertiary alicyclic amines) is 1. The molecule has 19 heavy (non-hydrogen) atoms. The van der Waals surface area contributed by atoms with Crippen molar-refractivity contribution in [2.45, 2.75) is 70.9 Å². The highest BCUT2D eigenvalue weighted by molar-refractivity contribution is 4.94. The van der Waals surface area contributed by atoms with E-state index in [0.717, 1.165) is 18.3 Å². The van der Waals surface area contributed by atoms with Gasteiger partial charge in [-0.2, -0.15) is 0 Å². The lowest BCUT2D eigenvalue weighted by atomic mass is 9.72. The molecule has 110 valence electrons. The second-order valence-corrected chi connectivity index (χ2v) is 7.70. The molecule has 0 spiro atoms. The number of aliphatic hydroxyl groups is 1. The van der Waals surface area contributed by atoms with Crippen molar-refractivity contribution in [1.29, 1.82) is 0 Å². The van der Waals surface area contributed by atoms with Crippen LogP contribution in [0.3, 0.4) is 0 Å². The molecular weight excluding hydrogens is 234 g/mol. The topological polar surface area (TPSA) is 23.5 Å². The Morgan fingerprint density at radius 2 is 1.68 bits per heavy atom. The van der Waals surface area contributed by atoms with Gasteiger partial charge in [0.2, 0.25) is 0 Å².